The Bertz CT molecular complexity index is 373. The van der Waals surface area contributed by atoms with Crippen molar-refractivity contribution in [3.05, 3.63) is 12.2 Å². The molecule has 0 aliphatic rings. The van der Waals surface area contributed by atoms with Crippen molar-refractivity contribution in [2.24, 2.45) is 7.05 Å². The van der Waals surface area contributed by atoms with Crippen molar-refractivity contribution >= 4 is 11.9 Å². The van der Waals surface area contributed by atoms with Crippen molar-refractivity contribution in [1.82, 2.24) is 19.7 Å². The Labute approximate surface area is 91.1 Å². The zero-order chi connectivity index (χ0) is 12.1. The molecule has 0 saturated heterocycles. The first-order chi connectivity index (χ1) is 7.49. The van der Waals surface area contributed by atoms with Crippen LogP contribution in [0.5, 0.6) is 0 Å². The van der Waals surface area contributed by atoms with Crippen LogP contribution in [0.3, 0.4) is 0 Å². The molecule has 1 rings (SSSR count). The summed E-state index contributed by atoms with van der Waals surface area (Å²) in [5.74, 6) is -1.64. The first-order valence-electron chi connectivity index (χ1n) is 4.48. The third-order valence-electron chi connectivity index (χ3n) is 1.89. The molecule has 0 aliphatic carbocycles. The molecule has 0 aliphatic heterocycles. The summed E-state index contributed by atoms with van der Waals surface area (Å²) < 4.78 is 1.47. The summed E-state index contributed by atoms with van der Waals surface area (Å²) in [4.78, 5) is 26.2. The van der Waals surface area contributed by atoms with Crippen LogP contribution in [0.4, 0.5) is 0 Å². The SMILES string of the molecule is Cn1ncnc1CN(CC(=O)O)CC(=O)O. The van der Waals surface area contributed by atoms with Gasteiger partial charge in [-0.25, -0.2) is 4.98 Å². The number of aromatic nitrogens is 3. The van der Waals surface area contributed by atoms with E-state index in [9.17, 15) is 9.59 Å². The Hall–Kier alpha value is -1.96. The van der Waals surface area contributed by atoms with Gasteiger partial charge in [0, 0.05) is 7.05 Å². The van der Waals surface area contributed by atoms with Gasteiger partial charge in [-0.05, 0) is 0 Å². The van der Waals surface area contributed by atoms with Crippen molar-refractivity contribution in [1.29, 1.82) is 0 Å². The van der Waals surface area contributed by atoms with Crippen LogP contribution in [0.25, 0.3) is 0 Å². The lowest BCUT2D eigenvalue weighted by molar-refractivity contribution is -0.142. The maximum Gasteiger partial charge on any atom is 0.317 e. The molecule has 0 saturated carbocycles. The van der Waals surface area contributed by atoms with Gasteiger partial charge < -0.3 is 10.2 Å². The zero-order valence-corrected chi connectivity index (χ0v) is 8.70. The first kappa shape index (κ1) is 12.1. The molecule has 1 aromatic rings. The van der Waals surface area contributed by atoms with Crippen LogP contribution >= 0.6 is 0 Å². The highest BCUT2D eigenvalue weighted by molar-refractivity contribution is 5.72. The number of hydrogen-bond donors (Lipinski definition) is 2. The molecule has 16 heavy (non-hydrogen) atoms. The molecule has 0 bridgehead atoms. The average molecular weight is 228 g/mol. The second-order valence-corrected chi connectivity index (χ2v) is 3.23. The Balaban J connectivity index is 2.66. The summed E-state index contributed by atoms with van der Waals surface area (Å²) in [6.45, 7) is -0.562. The van der Waals surface area contributed by atoms with E-state index in [2.05, 4.69) is 10.1 Å². The highest BCUT2D eigenvalue weighted by Gasteiger charge is 2.15. The molecule has 2 N–H and O–H groups in total. The van der Waals surface area contributed by atoms with Gasteiger partial charge in [-0.2, -0.15) is 5.10 Å². The van der Waals surface area contributed by atoms with Crippen molar-refractivity contribution in [3.63, 3.8) is 0 Å². The van der Waals surface area contributed by atoms with Gasteiger partial charge in [0.05, 0.1) is 19.6 Å². The van der Waals surface area contributed by atoms with Crippen LogP contribution in [0.2, 0.25) is 0 Å². The van der Waals surface area contributed by atoms with Crippen LogP contribution in [0.1, 0.15) is 5.82 Å². The second kappa shape index (κ2) is 5.21. The van der Waals surface area contributed by atoms with Gasteiger partial charge in [0.15, 0.2) is 0 Å². The Morgan fingerprint density at radius 1 is 1.38 bits per heavy atom. The highest BCUT2D eigenvalue weighted by Crippen LogP contribution is 1.99. The van der Waals surface area contributed by atoms with Gasteiger partial charge >= 0.3 is 11.9 Å². The van der Waals surface area contributed by atoms with E-state index in [1.54, 1.807) is 7.05 Å². The van der Waals surface area contributed by atoms with Gasteiger partial charge in [0.25, 0.3) is 0 Å². The monoisotopic (exact) mass is 228 g/mol. The number of carbonyl (C=O) groups is 2. The lowest BCUT2D eigenvalue weighted by Gasteiger charge is -2.16. The summed E-state index contributed by atoms with van der Waals surface area (Å²) >= 11 is 0. The maximum absolute atomic E-state index is 10.5. The number of rotatable bonds is 6. The number of carboxylic acids is 2. The fourth-order valence-electron chi connectivity index (χ4n) is 1.21. The van der Waals surface area contributed by atoms with Gasteiger partial charge in [-0.1, -0.05) is 0 Å². The average Bonchev–Trinajstić information content (AvgIpc) is 2.49. The summed E-state index contributed by atoms with van der Waals surface area (Å²) in [5, 5.41) is 21.0. The van der Waals surface area contributed by atoms with Gasteiger partial charge in [-0.15, -0.1) is 0 Å². The molecule has 1 heterocycles. The van der Waals surface area contributed by atoms with Gasteiger partial charge in [0.2, 0.25) is 0 Å². The van der Waals surface area contributed by atoms with Crippen molar-refractivity contribution in [3.8, 4) is 0 Å². The van der Waals surface area contributed by atoms with Crippen molar-refractivity contribution in [2.45, 2.75) is 6.54 Å². The molecule has 0 unspecified atom stereocenters. The zero-order valence-electron chi connectivity index (χ0n) is 8.70. The number of hydrogen-bond acceptors (Lipinski definition) is 5. The minimum Gasteiger partial charge on any atom is -0.480 e. The van der Waals surface area contributed by atoms with E-state index in [-0.39, 0.29) is 19.6 Å². The lowest BCUT2D eigenvalue weighted by atomic mass is 10.4. The normalized spacial score (nSPS) is 10.6. The van der Waals surface area contributed by atoms with E-state index < -0.39 is 11.9 Å². The van der Waals surface area contributed by atoms with Crippen LogP contribution in [0.15, 0.2) is 6.33 Å². The Morgan fingerprint density at radius 2 is 1.94 bits per heavy atom. The number of nitrogens with zero attached hydrogens (tertiary/aromatic N) is 4. The summed E-state index contributed by atoms with van der Waals surface area (Å²) in [7, 11) is 1.65. The van der Waals surface area contributed by atoms with Crippen LogP contribution in [-0.2, 0) is 23.2 Å². The Morgan fingerprint density at radius 3 is 2.31 bits per heavy atom. The molecule has 8 heteroatoms. The highest BCUT2D eigenvalue weighted by atomic mass is 16.4. The number of aryl methyl sites for hydroxylation is 1. The molecule has 0 fully saturated rings. The quantitative estimate of drug-likeness (QED) is 0.628. The molecule has 1 aromatic heterocycles. The molecule has 8 nitrogen and oxygen atoms in total. The predicted molar refractivity (Wildman–Crippen MR) is 51.6 cm³/mol. The van der Waals surface area contributed by atoms with Crippen molar-refractivity contribution < 1.29 is 19.8 Å². The van der Waals surface area contributed by atoms with E-state index in [0.29, 0.717) is 5.82 Å². The van der Waals surface area contributed by atoms with Gasteiger partial charge in [0.1, 0.15) is 12.2 Å². The third kappa shape index (κ3) is 3.65. The standard InChI is InChI=1S/C8H12N4O4/c1-11-6(9-5-10-11)2-12(3-7(13)14)4-8(15)16/h5H,2-4H2,1H3,(H,13,14)(H,15,16). The third-order valence-corrected chi connectivity index (χ3v) is 1.89. The summed E-state index contributed by atoms with van der Waals surface area (Å²) in [6, 6.07) is 0. The van der Waals surface area contributed by atoms with Gasteiger partial charge in [-0.3, -0.25) is 19.2 Å². The lowest BCUT2D eigenvalue weighted by Crippen LogP contribution is -2.34. The summed E-state index contributed by atoms with van der Waals surface area (Å²) in [5.41, 5.74) is 0. The van der Waals surface area contributed by atoms with Crippen LogP contribution in [0, 0.1) is 0 Å². The molecule has 0 radical (unpaired) electrons. The summed E-state index contributed by atoms with van der Waals surface area (Å²) in [6.07, 6.45) is 1.33. The first-order valence-corrected chi connectivity index (χ1v) is 4.48. The molecule has 0 aromatic carbocycles. The fraction of sp³-hybridized carbons (Fsp3) is 0.500. The predicted octanol–water partition coefficient (Wildman–Crippen LogP) is -1.21. The molecular weight excluding hydrogens is 216 g/mol. The molecule has 0 spiro atoms. The van der Waals surface area contributed by atoms with E-state index in [1.165, 1.54) is 15.9 Å². The smallest absolute Gasteiger partial charge is 0.317 e. The molecular formula is C8H12N4O4. The fourth-order valence-corrected chi connectivity index (χ4v) is 1.21. The largest absolute Gasteiger partial charge is 0.480 e. The molecule has 0 atom stereocenters. The van der Waals surface area contributed by atoms with E-state index >= 15 is 0 Å². The van der Waals surface area contributed by atoms with E-state index in [1.807, 2.05) is 0 Å². The maximum atomic E-state index is 10.5. The van der Waals surface area contributed by atoms with Crippen LogP contribution < -0.4 is 0 Å². The van der Waals surface area contributed by atoms with Crippen molar-refractivity contribution in [2.75, 3.05) is 13.1 Å². The molecule has 88 valence electrons. The minimum absolute atomic E-state index is 0.134. The number of carboxylic acid groups (broad SMARTS) is 2. The van der Waals surface area contributed by atoms with E-state index in [0.717, 1.165) is 0 Å². The minimum atomic E-state index is -1.08. The number of aliphatic carboxylic acids is 2. The molecule has 0 amide bonds. The second-order valence-electron chi connectivity index (χ2n) is 3.23. The Kier molecular flexibility index (Phi) is 3.95. The topological polar surface area (TPSA) is 109 Å². The van der Waals surface area contributed by atoms with Crippen LogP contribution in [-0.4, -0.2) is 54.9 Å². The van der Waals surface area contributed by atoms with E-state index in [4.69, 9.17) is 10.2 Å².